The van der Waals surface area contributed by atoms with Gasteiger partial charge in [-0.05, 0) is 26.0 Å². The third-order valence-corrected chi connectivity index (χ3v) is 5.00. The lowest BCUT2D eigenvalue weighted by Crippen LogP contribution is -2.42. The van der Waals surface area contributed by atoms with Crippen molar-refractivity contribution in [1.82, 2.24) is 25.1 Å². The Kier molecular flexibility index (Phi) is 6.44. The predicted octanol–water partition coefficient (Wildman–Crippen LogP) is 4.45. The van der Waals surface area contributed by atoms with Crippen LogP contribution in [0.15, 0.2) is 24.4 Å². The van der Waals surface area contributed by atoms with E-state index in [1.165, 1.54) is 6.20 Å². The average Bonchev–Trinajstić information content (AvgIpc) is 3.22. The molecule has 0 spiro atoms. The number of hydrogen-bond donors (Lipinski definition) is 1. The van der Waals surface area contributed by atoms with Gasteiger partial charge in [0.15, 0.2) is 11.5 Å². The molecule has 4 rings (SSSR count). The van der Waals surface area contributed by atoms with Gasteiger partial charge in [0.25, 0.3) is 0 Å². The molecule has 13 heteroatoms. The molecule has 0 bridgehead atoms. The monoisotopic (exact) mass is 483 g/mol. The summed E-state index contributed by atoms with van der Waals surface area (Å²) in [6, 6.07) is 2.67. The van der Waals surface area contributed by atoms with Crippen molar-refractivity contribution < 1.29 is 36.6 Å². The van der Waals surface area contributed by atoms with Gasteiger partial charge in [0.1, 0.15) is 23.1 Å². The predicted molar refractivity (Wildman–Crippen MR) is 111 cm³/mol. The standard InChI is InChI=1S/C21H21F4N5O4/c1-11(2)32-20(31)30-7-5-12(6-8-30)33-19-15-10-26-29-18(15)27-17(28-19)14-4-3-13(9-16(14)22)34-21(23,24)25/h3-4,9-12H,5-8H2,1-2H3,(H,26,27,28,29). The highest BCUT2D eigenvalue weighted by Crippen LogP contribution is 2.31. The van der Waals surface area contributed by atoms with Gasteiger partial charge in [-0.15, -0.1) is 13.2 Å². The number of fused-ring (bicyclic) bond motifs is 1. The minimum absolute atomic E-state index is 0.0965. The first-order valence-electron chi connectivity index (χ1n) is 10.5. The molecule has 9 nitrogen and oxygen atoms in total. The molecule has 1 saturated heterocycles. The van der Waals surface area contributed by atoms with Gasteiger partial charge in [-0.25, -0.2) is 14.2 Å². The summed E-state index contributed by atoms with van der Waals surface area (Å²) in [5.41, 5.74) is 0.134. The molecule has 1 aromatic carbocycles. The maximum Gasteiger partial charge on any atom is 0.573 e. The minimum atomic E-state index is -4.94. The Morgan fingerprint density at radius 2 is 1.94 bits per heavy atom. The Balaban J connectivity index is 1.53. The topological polar surface area (TPSA) is 102 Å². The van der Waals surface area contributed by atoms with Crippen molar-refractivity contribution in [1.29, 1.82) is 0 Å². The number of aromatic nitrogens is 4. The number of carbonyl (C=O) groups is 1. The Bertz CT molecular complexity index is 1180. The smallest absolute Gasteiger partial charge is 0.474 e. The number of rotatable bonds is 5. The van der Waals surface area contributed by atoms with Crippen LogP contribution in [0.4, 0.5) is 22.4 Å². The number of aromatic amines is 1. The first-order valence-corrected chi connectivity index (χ1v) is 10.5. The highest BCUT2D eigenvalue weighted by atomic mass is 19.4. The van der Waals surface area contributed by atoms with Crippen molar-refractivity contribution in [3.63, 3.8) is 0 Å². The van der Waals surface area contributed by atoms with E-state index in [2.05, 4.69) is 24.9 Å². The average molecular weight is 483 g/mol. The maximum absolute atomic E-state index is 14.6. The zero-order valence-electron chi connectivity index (χ0n) is 18.2. The third kappa shape index (κ3) is 5.46. The maximum atomic E-state index is 14.6. The minimum Gasteiger partial charge on any atom is -0.474 e. The number of nitrogens with one attached hydrogen (secondary N) is 1. The molecule has 2 aromatic heterocycles. The molecule has 1 aliphatic heterocycles. The van der Waals surface area contributed by atoms with Crippen LogP contribution in [0.5, 0.6) is 11.6 Å². The first-order chi connectivity index (χ1) is 16.1. The van der Waals surface area contributed by atoms with Crippen LogP contribution < -0.4 is 9.47 Å². The third-order valence-electron chi connectivity index (χ3n) is 5.00. The Hall–Kier alpha value is -3.64. The highest BCUT2D eigenvalue weighted by molar-refractivity contribution is 5.81. The molecular formula is C21H21F4N5O4. The fourth-order valence-electron chi connectivity index (χ4n) is 3.48. The zero-order chi connectivity index (χ0) is 24.5. The van der Waals surface area contributed by atoms with Crippen LogP contribution in [0.2, 0.25) is 0 Å². The van der Waals surface area contributed by atoms with Crippen molar-refractivity contribution >= 4 is 17.1 Å². The SMILES string of the molecule is CC(C)OC(=O)N1CCC(Oc2nc(-c3ccc(OC(F)(F)F)cc3F)nc3[nH]ncc23)CC1. The van der Waals surface area contributed by atoms with Crippen LogP contribution in [-0.4, -0.2) is 62.8 Å². The molecule has 0 radical (unpaired) electrons. The van der Waals surface area contributed by atoms with Gasteiger partial charge in [-0.3, -0.25) is 5.10 Å². The summed E-state index contributed by atoms with van der Waals surface area (Å²) in [6.45, 7) is 4.41. The van der Waals surface area contributed by atoms with E-state index >= 15 is 0 Å². The fourth-order valence-corrected chi connectivity index (χ4v) is 3.48. The summed E-state index contributed by atoms with van der Waals surface area (Å²) in [4.78, 5) is 22.2. The van der Waals surface area contributed by atoms with Crippen LogP contribution in [0.3, 0.4) is 0 Å². The van der Waals surface area contributed by atoms with Crippen molar-refractivity contribution in [3.05, 3.63) is 30.2 Å². The summed E-state index contributed by atoms with van der Waals surface area (Å²) in [5, 5.41) is 7.04. The molecule has 3 heterocycles. The van der Waals surface area contributed by atoms with Gasteiger partial charge in [-0.2, -0.15) is 10.1 Å². The number of amides is 1. The number of benzene rings is 1. The van der Waals surface area contributed by atoms with Crippen molar-refractivity contribution in [2.24, 2.45) is 0 Å². The second kappa shape index (κ2) is 9.31. The Labute approximate surface area is 191 Å². The number of piperidine rings is 1. The molecule has 3 aromatic rings. The number of halogens is 4. The molecule has 0 aliphatic carbocycles. The van der Waals surface area contributed by atoms with E-state index < -0.39 is 17.9 Å². The second-order valence-electron chi connectivity index (χ2n) is 7.91. The summed E-state index contributed by atoms with van der Waals surface area (Å²) < 4.78 is 66.8. The lowest BCUT2D eigenvalue weighted by molar-refractivity contribution is -0.274. The van der Waals surface area contributed by atoms with E-state index in [-0.39, 0.29) is 41.2 Å². The number of likely N-dealkylation sites (tertiary alicyclic amines) is 1. The molecule has 1 aliphatic rings. The van der Waals surface area contributed by atoms with Gasteiger partial charge < -0.3 is 19.1 Å². The first kappa shape index (κ1) is 23.5. The largest absolute Gasteiger partial charge is 0.573 e. The molecule has 1 amide bonds. The Morgan fingerprint density at radius 1 is 1.21 bits per heavy atom. The van der Waals surface area contributed by atoms with Crippen LogP contribution in [0, 0.1) is 5.82 Å². The van der Waals surface area contributed by atoms with E-state index in [1.54, 1.807) is 18.7 Å². The molecule has 0 atom stereocenters. The van der Waals surface area contributed by atoms with E-state index in [1.807, 2.05) is 0 Å². The van der Waals surface area contributed by atoms with Gasteiger partial charge in [0.05, 0.1) is 17.9 Å². The molecule has 0 saturated carbocycles. The van der Waals surface area contributed by atoms with Crippen LogP contribution >= 0.6 is 0 Å². The van der Waals surface area contributed by atoms with E-state index in [9.17, 15) is 22.4 Å². The molecule has 0 unspecified atom stereocenters. The summed E-state index contributed by atoms with van der Waals surface area (Å²) in [5.74, 6) is -1.65. The van der Waals surface area contributed by atoms with Crippen molar-refractivity contribution in [2.75, 3.05) is 13.1 Å². The number of ether oxygens (including phenoxy) is 3. The molecule has 182 valence electrons. The van der Waals surface area contributed by atoms with Gasteiger partial charge in [0, 0.05) is 32.0 Å². The number of alkyl halides is 3. The lowest BCUT2D eigenvalue weighted by Gasteiger charge is -2.31. The number of nitrogens with zero attached hydrogens (tertiary/aromatic N) is 4. The van der Waals surface area contributed by atoms with E-state index in [0.717, 1.165) is 12.1 Å². The highest BCUT2D eigenvalue weighted by Gasteiger charge is 2.31. The quantitative estimate of drug-likeness (QED) is 0.535. The van der Waals surface area contributed by atoms with E-state index in [0.29, 0.717) is 37.4 Å². The van der Waals surface area contributed by atoms with E-state index in [4.69, 9.17) is 9.47 Å². The summed E-state index contributed by atoms with van der Waals surface area (Å²) in [7, 11) is 0. The molecule has 1 N–H and O–H groups in total. The second-order valence-corrected chi connectivity index (χ2v) is 7.91. The van der Waals surface area contributed by atoms with Gasteiger partial charge >= 0.3 is 12.5 Å². The van der Waals surface area contributed by atoms with Crippen LogP contribution in [-0.2, 0) is 4.74 Å². The Morgan fingerprint density at radius 3 is 2.59 bits per heavy atom. The summed E-state index contributed by atoms with van der Waals surface area (Å²) in [6.07, 6.45) is -3.33. The fraction of sp³-hybridized carbons (Fsp3) is 0.429. The number of carbonyl (C=O) groups excluding carboxylic acids is 1. The van der Waals surface area contributed by atoms with Crippen LogP contribution in [0.1, 0.15) is 26.7 Å². The van der Waals surface area contributed by atoms with Gasteiger partial charge in [0.2, 0.25) is 5.88 Å². The molecule has 34 heavy (non-hydrogen) atoms. The molecular weight excluding hydrogens is 462 g/mol. The normalized spacial score (nSPS) is 15.1. The molecule has 1 fully saturated rings. The van der Waals surface area contributed by atoms with Crippen molar-refractivity contribution in [3.8, 4) is 23.0 Å². The van der Waals surface area contributed by atoms with Crippen LogP contribution in [0.25, 0.3) is 22.4 Å². The zero-order valence-corrected chi connectivity index (χ0v) is 18.2. The number of hydrogen-bond acceptors (Lipinski definition) is 7. The summed E-state index contributed by atoms with van der Waals surface area (Å²) >= 11 is 0. The van der Waals surface area contributed by atoms with Crippen molar-refractivity contribution in [2.45, 2.75) is 45.3 Å². The van der Waals surface area contributed by atoms with Gasteiger partial charge in [-0.1, -0.05) is 0 Å². The number of H-pyrrole nitrogens is 1. The lowest BCUT2D eigenvalue weighted by atomic mass is 10.1.